The Balaban J connectivity index is 0.953. The molecule has 3 aromatic heterocycles. The molecule has 0 aliphatic heterocycles. The van der Waals surface area contributed by atoms with Crippen molar-refractivity contribution in [3.05, 3.63) is 195 Å². The fourth-order valence-corrected chi connectivity index (χ4v) is 12.4. The Kier molecular flexibility index (Phi) is 24.0. The molecule has 0 saturated carbocycles. The van der Waals surface area contributed by atoms with Gasteiger partial charge in [0.2, 0.25) is 35.4 Å². The molecule has 18 nitrogen and oxygen atoms in total. The van der Waals surface area contributed by atoms with Gasteiger partial charge < -0.3 is 64.1 Å². The van der Waals surface area contributed by atoms with Crippen LogP contribution in [0, 0.1) is 20.8 Å². The van der Waals surface area contributed by atoms with E-state index in [1.54, 1.807) is 93.6 Å². The number of unbranched alkanes of at least 4 members (excludes halogenated alkanes) is 3. The molecule has 3 atom stereocenters. The number of aromatic amines is 3. The summed E-state index contributed by atoms with van der Waals surface area (Å²) >= 11 is 0. The lowest BCUT2D eigenvalue weighted by molar-refractivity contribution is -0.138. The molecule has 0 fully saturated rings. The second kappa shape index (κ2) is 32.3. The highest BCUT2D eigenvalue weighted by atomic mass is 19.4. The van der Waals surface area contributed by atoms with Crippen molar-refractivity contribution >= 4 is 85.2 Å². The average Bonchev–Trinajstić information content (AvgIpc) is 1.63. The van der Waals surface area contributed by atoms with E-state index in [0.29, 0.717) is 142 Å². The summed E-state index contributed by atoms with van der Waals surface area (Å²) in [6, 6.07) is 27.1. The van der Waals surface area contributed by atoms with Crippen molar-refractivity contribution in [2.75, 3.05) is 35.6 Å². The maximum atomic E-state index is 14.1. The number of benzene rings is 6. The Hall–Kier alpha value is -9.99. The molecule has 9 aromatic rings. The number of aromatic nitrogens is 3. The van der Waals surface area contributed by atoms with E-state index in [2.05, 4.69) is 46.9 Å². The normalized spacial score (nSPS) is 13.0. The van der Waals surface area contributed by atoms with E-state index < -0.39 is 94.7 Å². The Labute approximate surface area is 569 Å². The van der Waals surface area contributed by atoms with Crippen LogP contribution in [0.3, 0.4) is 0 Å². The summed E-state index contributed by atoms with van der Waals surface area (Å²) in [5.41, 5.74) is 21.6. The minimum absolute atomic E-state index is 0.187. The second-order valence-electron chi connectivity index (χ2n) is 25.0. The van der Waals surface area contributed by atoms with Gasteiger partial charge in [-0.3, -0.25) is 28.8 Å². The Morgan fingerprint density at radius 3 is 0.850 bits per heavy atom. The van der Waals surface area contributed by atoms with E-state index in [-0.39, 0.29) is 54.7 Å². The summed E-state index contributed by atoms with van der Waals surface area (Å²) in [7, 11) is 0. The van der Waals surface area contributed by atoms with E-state index >= 15 is 0 Å². The molecule has 6 amide bonds. The standard InChI is InChI=1S/C73H79F9N12O6/c1-40-52(55-34-46(71(74,75)76)19-28-58(55)86-40)37-64(95)92-61(10-4-7-31-83)68(98)89-49-22-13-43(14-23-49)67(44-15-24-50(25-16-44)90-69(99)62(11-5-8-32-84)93-65(96)38-53-41(2)87-59-29-20-47(35-56(53)59)72(77,78)79)45-17-26-51(27-18-45)91-70(100)63(12-6-9-33-85)94-66(97)39-54-42(3)88-60-30-21-48(36-57(54)60)73(80,81)82/h13-30,34-36,61-63,67,86-88H,4-12,31-33,37-39,83-85H2,1-3H3,(H,89,98)(H,90,99)(H,91,100)(H,92,95)(H,93,96)(H,94,97)/t61-,62-,63-/m1/s1. The van der Waals surface area contributed by atoms with Gasteiger partial charge in [-0.15, -0.1) is 0 Å². The van der Waals surface area contributed by atoms with Crippen molar-refractivity contribution in [3.63, 3.8) is 0 Å². The van der Waals surface area contributed by atoms with Crippen LogP contribution in [0.25, 0.3) is 32.7 Å². The van der Waals surface area contributed by atoms with E-state index in [1.807, 2.05) is 0 Å². The largest absolute Gasteiger partial charge is 0.416 e. The molecule has 3 heterocycles. The van der Waals surface area contributed by atoms with Crippen molar-refractivity contribution < 1.29 is 68.3 Å². The van der Waals surface area contributed by atoms with Crippen LogP contribution in [-0.4, -0.2) is 88.2 Å². The molecule has 0 unspecified atom stereocenters. The maximum absolute atomic E-state index is 14.1. The number of halogens is 9. The number of amides is 6. The van der Waals surface area contributed by atoms with Gasteiger partial charge in [-0.2, -0.15) is 39.5 Å². The van der Waals surface area contributed by atoms with Crippen LogP contribution >= 0.6 is 0 Å². The average molecular weight is 1390 g/mol. The maximum Gasteiger partial charge on any atom is 0.416 e. The van der Waals surface area contributed by atoms with Crippen LogP contribution in [0.1, 0.15) is 131 Å². The molecular formula is C73H79F9N12O6. The van der Waals surface area contributed by atoms with Gasteiger partial charge in [0.25, 0.3) is 0 Å². The minimum atomic E-state index is -4.62. The van der Waals surface area contributed by atoms with Crippen LogP contribution in [0.15, 0.2) is 127 Å². The first-order chi connectivity index (χ1) is 47.5. The number of nitrogens with two attached hydrogens (primary N) is 3. The third-order valence-corrected chi connectivity index (χ3v) is 17.7. The minimum Gasteiger partial charge on any atom is -0.358 e. The number of alkyl halides is 9. The van der Waals surface area contributed by atoms with Crippen LogP contribution in [-0.2, 0) is 66.6 Å². The Bertz CT molecular complexity index is 3950. The number of fused-ring (bicyclic) bond motifs is 3. The van der Waals surface area contributed by atoms with E-state index in [9.17, 15) is 68.3 Å². The number of rotatable bonds is 30. The summed E-state index contributed by atoms with van der Waals surface area (Å²) in [5, 5.41) is 17.7. The number of hydrogen-bond acceptors (Lipinski definition) is 9. The van der Waals surface area contributed by atoms with E-state index in [4.69, 9.17) is 17.2 Å². The van der Waals surface area contributed by atoms with Crippen LogP contribution in [0.4, 0.5) is 56.6 Å². The highest BCUT2D eigenvalue weighted by Gasteiger charge is 2.35. The number of aryl methyl sites for hydroxylation is 3. The van der Waals surface area contributed by atoms with Crippen molar-refractivity contribution in [1.29, 1.82) is 0 Å². The molecule has 0 saturated heterocycles. The Morgan fingerprint density at radius 2 is 0.620 bits per heavy atom. The van der Waals surface area contributed by atoms with Gasteiger partial charge in [-0.1, -0.05) is 36.4 Å². The third-order valence-electron chi connectivity index (χ3n) is 17.7. The van der Waals surface area contributed by atoms with Crippen LogP contribution in [0.2, 0.25) is 0 Å². The zero-order valence-corrected chi connectivity index (χ0v) is 55.1. The fraction of sp³-hybridized carbons (Fsp3) is 0.342. The molecule has 0 spiro atoms. The summed E-state index contributed by atoms with van der Waals surface area (Å²) < 4.78 is 124. The molecule has 0 aliphatic carbocycles. The first-order valence-electron chi connectivity index (χ1n) is 32.8. The first-order valence-corrected chi connectivity index (χ1v) is 32.8. The highest BCUT2D eigenvalue weighted by molar-refractivity contribution is 6.01. The molecule has 530 valence electrons. The number of nitrogens with one attached hydrogen (secondary N) is 9. The van der Waals surface area contributed by atoms with Crippen molar-refractivity contribution in [3.8, 4) is 0 Å². The van der Waals surface area contributed by atoms with Gasteiger partial charge in [0.05, 0.1) is 36.0 Å². The lowest BCUT2D eigenvalue weighted by Gasteiger charge is -2.22. The zero-order chi connectivity index (χ0) is 72.2. The second-order valence-corrected chi connectivity index (χ2v) is 25.0. The van der Waals surface area contributed by atoms with E-state index in [0.717, 1.165) is 36.4 Å². The molecule has 9 rings (SSSR count). The quantitative estimate of drug-likeness (QED) is 0.0116. The van der Waals surface area contributed by atoms with Gasteiger partial charge in [0.15, 0.2) is 0 Å². The van der Waals surface area contributed by atoms with Crippen molar-refractivity contribution in [1.82, 2.24) is 30.9 Å². The SMILES string of the molecule is Cc1[nH]c2ccc(C(F)(F)F)cc2c1CC(=O)N[C@H](CCCCN)C(=O)Nc1ccc(C(c2ccc(NC(=O)[C@@H](CCCCN)NC(=O)Cc3c(C)[nH]c4ccc(C(F)(F)F)cc34)cc2)c2ccc(NC(=O)[C@@H](CCCCN)NC(=O)Cc3c(C)[nH]c4ccc(C(F)(F)F)cc34)cc2)cc1. The summed E-state index contributed by atoms with van der Waals surface area (Å²) in [6.45, 7) is 5.88. The summed E-state index contributed by atoms with van der Waals surface area (Å²) in [4.78, 5) is 92.6. The predicted octanol–water partition coefficient (Wildman–Crippen LogP) is 12.7. The monoisotopic (exact) mass is 1390 g/mol. The summed E-state index contributed by atoms with van der Waals surface area (Å²) in [6.07, 6.45) is -11.3. The van der Waals surface area contributed by atoms with Crippen molar-refractivity contribution in [2.45, 2.75) is 140 Å². The molecule has 100 heavy (non-hydrogen) atoms. The van der Waals surface area contributed by atoms with E-state index in [1.165, 1.54) is 18.2 Å². The number of hydrogen-bond donors (Lipinski definition) is 12. The number of H-pyrrole nitrogens is 3. The zero-order valence-electron chi connectivity index (χ0n) is 55.1. The lowest BCUT2D eigenvalue weighted by Crippen LogP contribution is -2.44. The Morgan fingerprint density at radius 1 is 0.370 bits per heavy atom. The number of carbonyl (C=O) groups is 6. The highest BCUT2D eigenvalue weighted by Crippen LogP contribution is 2.38. The predicted molar refractivity (Wildman–Crippen MR) is 366 cm³/mol. The molecule has 0 bridgehead atoms. The van der Waals surface area contributed by atoms with Crippen LogP contribution in [0.5, 0.6) is 0 Å². The smallest absolute Gasteiger partial charge is 0.358 e. The lowest BCUT2D eigenvalue weighted by atomic mass is 9.85. The first kappa shape index (κ1) is 74.2. The van der Waals surface area contributed by atoms with Gasteiger partial charge >= 0.3 is 18.5 Å². The number of anilines is 3. The van der Waals surface area contributed by atoms with Gasteiger partial charge in [0, 0.05) is 72.8 Å². The third kappa shape index (κ3) is 18.8. The molecule has 15 N–H and O–H groups in total. The molecule has 6 aromatic carbocycles. The van der Waals surface area contributed by atoms with Gasteiger partial charge in [-0.25, -0.2) is 0 Å². The van der Waals surface area contributed by atoms with Crippen molar-refractivity contribution in [2.24, 2.45) is 17.2 Å². The van der Waals surface area contributed by atoms with Crippen LogP contribution < -0.4 is 49.1 Å². The molecular weight excluding hydrogens is 1310 g/mol. The molecule has 0 radical (unpaired) electrons. The van der Waals surface area contributed by atoms with Gasteiger partial charge in [0.1, 0.15) is 18.1 Å². The topological polar surface area (TPSA) is 300 Å². The molecule has 27 heteroatoms. The number of carbonyl (C=O) groups excluding carboxylic acids is 6. The summed E-state index contributed by atoms with van der Waals surface area (Å²) in [5.74, 6) is -4.09. The fourth-order valence-electron chi connectivity index (χ4n) is 12.4. The van der Waals surface area contributed by atoms with Gasteiger partial charge in [-0.05, 0) is 223 Å². The molecule has 0 aliphatic rings.